The zero-order valence-electron chi connectivity index (χ0n) is 9.34. The molecule has 1 aromatic rings. The number of pyridine rings is 1. The van der Waals surface area contributed by atoms with Crippen LogP contribution in [0.2, 0.25) is 0 Å². The first-order valence-corrected chi connectivity index (χ1v) is 4.94. The number of aromatic nitrogens is 1. The summed E-state index contributed by atoms with van der Waals surface area (Å²) in [4.78, 5) is 3.72. The Balaban J connectivity index is 2.78. The fraction of sp³-hybridized carbons (Fsp3) is 0.500. The predicted molar refractivity (Wildman–Crippen MR) is 53.2 cm³/mol. The molecule has 0 aliphatic rings. The van der Waals surface area contributed by atoms with Crippen LogP contribution in [0.5, 0.6) is 5.75 Å². The van der Waals surface area contributed by atoms with E-state index >= 15 is 0 Å². The molecule has 2 N–H and O–H groups in total. The molecule has 0 aliphatic heterocycles. The van der Waals surface area contributed by atoms with Crippen molar-refractivity contribution < 1.29 is 26.7 Å². The van der Waals surface area contributed by atoms with Gasteiger partial charge in [-0.05, 0) is 19.1 Å². The summed E-state index contributed by atoms with van der Waals surface area (Å²) in [6, 6.07) is 2.62. The molecule has 1 heterocycles. The summed E-state index contributed by atoms with van der Waals surface area (Å²) in [5, 5.41) is 0. The summed E-state index contributed by atoms with van der Waals surface area (Å²) in [6.45, 7) is 0.777. The maximum atomic E-state index is 12.9. The third-order valence-corrected chi connectivity index (χ3v) is 2.21. The number of alkyl halides is 5. The SMILES string of the molecule is CC(Oc1ccc(CN)nc1)C(F)(F)C(F)(F)F. The minimum atomic E-state index is -5.66. The molecule has 0 saturated carbocycles. The minimum absolute atomic E-state index is 0.133. The Hall–Kier alpha value is -1.44. The molecule has 1 unspecified atom stereocenters. The van der Waals surface area contributed by atoms with E-state index < -0.39 is 18.2 Å². The molecule has 8 heteroatoms. The topological polar surface area (TPSA) is 48.1 Å². The van der Waals surface area contributed by atoms with Crippen molar-refractivity contribution in [2.45, 2.75) is 31.7 Å². The normalized spacial score (nSPS) is 14.4. The molecule has 1 rings (SSSR count). The van der Waals surface area contributed by atoms with Gasteiger partial charge in [-0.3, -0.25) is 4.98 Å². The van der Waals surface area contributed by atoms with Crippen LogP contribution in [-0.4, -0.2) is 23.2 Å². The Morgan fingerprint density at radius 2 is 1.89 bits per heavy atom. The number of hydrogen-bond acceptors (Lipinski definition) is 3. The summed E-state index contributed by atoms with van der Waals surface area (Å²) in [5.41, 5.74) is 5.73. The molecule has 0 bridgehead atoms. The van der Waals surface area contributed by atoms with E-state index in [-0.39, 0.29) is 12.3 Å². The lowest BCUT2D eigenvalue weighted by atomic mass is 10.2. The van der Waals surface area contributed by atoms with Crippen LogP contribution in [0, 0.1) is 0 Å². The van der Waals surface area contributed by atoms with Gasteiger partial charge in [0.25, 0.3) is 0 Å². The Morgan fingerprint density at radius 1 is 1.28 bits per heavy atom. The van der Waals surface area contributed by atoms with Gasteiger partial charge in [0, 0.05) is 6.54 Å². The van der Waals surface area contributed by atoms with Gasteiger partial charge < -0.3 is 10.5 Å². The Morgan fingerprint density at radius 3 is 2.28 bits per heavy atom. The van der Waals surface area contributed by atoms with Crippen molar-refractivity contribution in [1.82, 2.24) is 4.98 Å². The van der Waals surface area contributed by atoms with Gasteiger partial charge in [-0.15, -0.1) is 0 Å². The van der Waals surface area contributed by atoms with Crippen molar-refractivity contribution in [2.75, 3.05) is 0 Å². The van der Waals surface area contributed by atoms with Crippen LogP contribution >= 0.6 is 0 Å². The smallest absolute Gasteiger partial charge is 0.457 e. The number of halogens is 5. The molecule has 3 nitrogen and oxygen atoms in total. The lowest BCUT2D eigenvalue weighted by Gasteiger charge is -2.26. The van der Waals surface area contributed by atoms with Gasteiger partial charge in [-0.1, -0.05) is 0 Å². The van der Waals surface area contributed by atoms with Crippen LogP contribution in [0.4, 0.5) is 22.0 Å². The third-order valence-electron chi connectivity index (χ3n) is 2.21. The highest BCUT2D eigenvalue weighted by atomic mass is 19.4. The van der Waals surface area contributed by atoms with Crippen molar-refractivity contribution in [3.8, 4) is 5.75 Å². The zero-order chi connectivity index (χ0) is 14.0. The van der Waals surface area contributed by atoms with Crippen LogP contribution in [0.25, 0.3) is 0 Å². The maximum Gasteiger partial charge on any atom is 0.457 e. The lowest BCUT2D eigenvalue weighted by Crippen LogP contribution is -2.48. The molecule has 0 aliphatic carbocycles. The Labute approximate surface area is 99.8 Å². The fourth-order valence-electron chi connectivity index (χ4n) is 1.11. The molecule has 18 heavy (non-hydrogen) atoms. The highest BCUT2D eigenvalue weighted by Gasteiger charge is 2.62. The Kier molecular flexibility index (Phi) is 4.10. The first-order chi connectivity index (χ1) is 8.18. The van der Waals surface area contributed by atoms with Gasteiger partial charge in [-0.25, -0.2) is 0 Å². The number of hydrogen-bond donors (Lipinski definition) is 1. The first kappa shape index (κ1) is 14.6. The van der Waals surface area contributed by atoms with Gasteiger partial charge in [0.2, 0.25) is 0 Å². The molecule has 0 amide bonds. The number of nitrogens with two attached hydrogens (primary N) is 1. The van der Waals surface area contributed by atoms with Crippen LogP contribution in [0.1, 0.15) is 12.6 Å². The predicted octanol–water partition coefficient (Wildman–Crippen LogP) is 2.51. The van der Waals surface area contributed by atoms with Crippen molar-refractivity contribution in [3.63, 3.8) is 0 Å². The van der Waals surface area contributed by atoms with Crippen molar-refractivity contribution in [3.05, 3.63) is 24.0 Å². The first-order valence-electron chi connectivity index (χ1n) is 4.94. The van der Waals surface area contributed by atoms with Crippen molar-refractivity contribution >= 4 is 0 Å². The maximum absolute atomic E-state index is 12.9. The Bertz CT molecular complexity index is 390. The second kappa shape index (κ2) is 5.05. The van der Waals surface area contributed by atoms with Gasteiger partial charge in [-0.2, -0.15) is 22.0 Å². The second-order valence-corrected chi connectivity index (χ2v) is 3.57. The number of nitrogens with zero attached hydrogens (tertiary/aromatic N) is 1. The molecule has 0 spiro atoms. The summed E-state index contributed by atoms with van der Waals surface area (Å²) in [7, 11) is 0. The van der Waals surface area contributed by atoms with E-state index in [0.717, 1.165) is 6.20 Å². The van der Waals surface area contributed by atoms with Gasteiger partial charge in [0.15, 0.2) is 6.10 Å². The average molecular weight is 270 g/mol. The highest BCUT2D eigenvalue weighted by molar-refractivity contribution is 5.20. The highest BCUT2D eigenvalue weighted by Crippen LogP contribution is 2.39. The molecular formula is C10H11F5N2O. The van der Waals surface area contributed by atoms with E-state index in [2.05, 4.69) is 9.72 Å². The van der Waals surface area contributed by atoms with Gasteiger partial charge >= 0.3 is 12.1 Å². The summed E-state index contributed by atoms with van der Waals surface area (Å²) in [5.74, 6) is -5.11. The quantitative estimate of drug-likeness (QED) is 0.855. The average Bonchev–Trinajstić information content (AvgIpc) is 2.28. The van der Waals surface area contributed by atoms with Crippen molar-refractivity contribution in [2.24, 2.45) is 5.73 Å². The van der Waals surface area contributed by atoms with Crippen LogP contribution < -0.4 is 10.5 Å². The van der Waals surface area contributed by atoms with E-state index in [1.165, 1.54) is 12.1 Å². The van der Waals surface area contributed by atoms with Crippen LogP contribution in [0.15, 0.2) is 18.3 Å². The second-order valence-electron chi connectivity index (χ2n) is 3.57. The molecule has 0 saturated heterocycles. The largest absolute Gasteiger partial charge is 0.482 e. The zero-order valence-corrected chi connectivity index (χ0v) is 9.34. The van der Waals surface area contributed by atoms with Crippen molar-refractivity contribution in [1.29, 1.82) is 0 Å². The van der Waals surface area contributed by atoms with E-state index in [1.807, 2.05) is 0 Å². The summed E-state index contributed by atoms with van der Waals surface area (Å²) < 4.78 is 66.4. The van der Waals surface area contributed by atoms with E-state index in [0.29, 0.717) is 12.6 Å². The van der Waals surface area contributed by atoms with E-state index in [1.54, 1.807) is 0 Å². The molecule has 0 fully saturated rings. The molecule has 0 radical (unpaired) electrons. The number of ether oxygens (including phenoxy) is 1. The summed E-state index contributed by atoms with van der Waals surface area (Å²) >= 11 is 0. The lowest BCUT2D eigenvalue weighted by molar-refractivity contribution is -0.306. The molecule has 1 atom stereocenters. The fourth-order valence-corrected chi connectivity index (χ4v) is 1.11. The summed E-state index contributed by atoms with van der Waals surface area (Å²) in [6.07, 6.45) is -6.95. The van der Waals surface area contributed by atoms with E-state index in [9.17, 15) is 22.0 Å². The van der Waals surface area contributed by atoms with Gasteiger partial charge in [0.1, 0.15) is 5.75 Å². The molecule has 0 aromatic carbocycles. The minimum Gasteiger partial charge on any atom is -0.482 e. The standard InChI is InChI=1S/C10H11F5N2O/c1-6(9(11,12)10(13,14)15)18-8-3-2-7(4-16)17-5-8/h2-3,5-6H,4,16H2,1H3. The number of rotatable bonds is 4. The van der Waals surface area contributed by atoms with Gasteiger partial charge in [0.05, 0.1) is 11.9 Å². The monoisotopic (exact) mass is 270 g/mol. The van der Waals surface area contributed by atoms with Crippen LogP contribution in [-0.2, 0) is 6.54 Å². The van der Waals surface area contributed by atoms with Crippen LogP contribution in [0.3, 0.4) is 0 Å². The molecule has 1 aromatic heterocycles. The third kappa shape index (κ3) is 3.06. The molecule has 102 valence electrons. The van der Waals surface area contributed by atoms with E-state index in [4.69, 9.17) is 5.73 Å². The molecular weight excluding hydrogens is 259 g/mol.